The first-order valence-electron chi connectivity index (χ1n) is 7.25. The third-order valence-corrected chi connectivity index (χ3v) is 4.70. The standard InChI is InChI=1S/C17H24N2S/c1-4-17(18-2)14-7-9-15(10-8-14)19(3)12-11-16-6-5-13-20-16/h5-10,13,17-18H,4,11-12H2,1-3H3. The lowest BCUT2D eigenvalue weighted by atomic mass is 10.0. The summed E-state index contributed by atoms with van der Waals surface area (Å²) in [6.07, 6.45) is 2.23. The predicted molar refractivity (Wildman–Crippen MR) is 89.8 cm³/mol. The van der Waals surface area contributed by atoms with Crippen molar-refractivity contribution in [2.24, 2.45) is 0 Å². The van der Waals surface area contributed by atoms with Gasteiger partial charge in [0, 0.05) is 30.2 Å². The fraction of sp³-hybridized carbons (Fsp3) is 0.412. The zero-order valence-electron chi connectivity index (χ0n) is 12.6. The molecule has 0 aliphatic heterocycles. The van der Waals surface area contributed by atoms with Gasteiger partial charge >= 0.3 is 0 Å². The number of nitrogens with zero attached hydrogens (tertiary/aromatic N) is 1. The summed E-state index contributed by atoms with van der Waals surface area (Å²) in [6.45, 7) is 3.27. The largest absolute Gasteiger partial charge is 0.374 e. The molecule has 1 atom stereocenters. The lowest BCUT2D eigenvalue weighted by Gasteiger charge is -2.20. The van der Waals surface area contributed by atoms with E-state index in [2.05, 4.69) is 66.0 Å². The molecule has 0 fully saturated rings. The minimum atomic E-state index is 0.459. The monoisotopic (exact) mass is 288 g/mol. The van der Waals surface area contributed by atoms with Crippen LogP contribution in [-0.2, 0) is 6.42 Å². The molecule has 0 saturated carbocycles. The molecule has 0 spiro atoms. The van der Waals surface area contributed by atoms with Crippen molar-refractivity contribution in [1.82, 2.24) is 5.32 Å². The van der Waals surface area contributed by atoms with E-state index in [0.717, 1.165) is 19.4 Å². The maximum absolute atomic E-state index is 3.35. The number of likely N-dealkylation sites (N-methyl/N-ethyl adjacent to an activating group) is 1. The summed E-state index contributed by atoms with van der Waals surface area (Å²) in [6, 6.07) is 13.7. The molecular formula is C17H24N2S. The van der Waals surface area contributed by atoms with Crippen LogP contribution in [0.25, 0.3) is 0 Å². The zero-order chi connectivity index (χ0) is 14.4. The fourth-order valence-electron chi connectivity index (χ4n) is 2.43. The Labute approximate surface area is 126 Å². The Hall–Kier alpha value is -1.32. The van der Waals surface area contributed by atoms with Gasteiger partial charge in [0.05, 0.1) is 0 Å². The second-order valence-electron chi connectivity index (χ2n) is 5.09. The summed E-state index contributed by atoms with van der Waals surface area (Å²) < 4.78 is 0. The van der Waals surface area contributed by atoms with E-state index in [1.165, 1.54) is 16.1 Å². The van der Waals surface area contributed by atoms with Crippen LogP contribution in [0.5, 0.6) is 0 Å². The fourth-order valence-corrected chi connectivity index (χ4v) is 3.13. The highest BCUT2D eigenvalue weighted by Gasteiger charge is 2.07. The highest BCUT2D eigenvalue weighted by Crippen LogP contribution is 2.21. The van der Waals surface area contributed by atoms with Gasteiger partial charge in [-0.05, 0) is 49.0 Å². The van der Waals surface area contributed by atoms with Crippen molar-refractivity contribution >= 4 is 17.0 Å². The summed E-state index contributed by atoms with van der Waals surface area (Å²) in [5.41, 5.74) is 2.65. The molecule has 0 saturated heterocycles. The molecule has 3 heteroatoms. The van der Waals surface area contributed by atoms with Crippen LogP contribution in [0.2, 0.25) is 0 Å². The smallest absolute Gasteiger partial charge is 0.0363 e. The highest BCUT2D eigenvalue weighted by atomic mass is 32.1. The van der Waals surface area contributed by atoms with E-state index < -0.39 is 0 Å². The molecule has 1 heterocycles. The van der Waals surface area contributed by atoms with Crippen molar-refractivity contribution in [2.45, 2.75) is 25.8 Å². The van der Waals surface area contributed by atoms with Crippen LogP contribution >= 0.6 is 11.3 Å². The topological polar surface area (TPSA) is 15.3 Å². The third kappa shape index (κ3) is 3.84. The maximum Gasteiger partial charge on any atom is 0.0363 e. The Bertz CT molecular complexity index is 486. The molecule has 0 bridgehead atoms. The summed E-state index contributed by atoms with van der Waals surface area (Å²) in [5.74, 6) is 0. The Balaban J connectivity index is 1.94. The van der Waals surface area contributed by atoms with Gasteiger partial charge in [0.25, 0.3) is 0 Å². The second-order valence-corrected chi connectivity index (χ2v) is 6.12. The van der Waals surface area contributed by atoms with Crippen LogP contribution in [-0.4, -0.2) is 20.6 Å². The van der Waals surface area contributed by atoms with Crippen LogP contribution in [0.4, 0.5) is 5.69 Å². The summed E-state index contributed by atoms with van der Waals surface area (Å²) in [4.78, 5) is 3.78. The molecule has 108 valence electrons. The first-order chi connectivity index (χ1) is 9.74. The van der Waals surface area contributed by atoms with Gasteiger partial charge in [-0.1, -0.05) is 25.1 Å². The number of nitrogens with one attached hydrogen (secondary N) is 1. The van der Waals surface area contributed by atoms with Crippen molar-refractivity contribution in [3.8, 4) is 0 Å². The van der Waals surface area contributed by atoms with Gasteiger partial charge in [0.15, 0.2) is 0 Å². The van der Waals surface area contributed by atoms with E-state index in [-0.39, 0.29) is 0 Å². The minimum Gasteiger partial charge on any atom is -0.374 e. The van der Waals surface area contributed by atoms with E-state index >= 15 is 0 Å². The predicted octanol–water partition coefficient (Wildman–Crippen LogP) is 4.10. The van der Waals surface area contributed by atoms with Gasteiger partial charge < -0.3 is 10.2 Å². The number of benzene rings is 1. The quantitative estimate of drug-likeness (QED) is 0.825. The van der Waals surface area contributed by atoms with Crippen LogP contribution < -0.4 is 10.2 Å². The van der Waals surface area contributed by atoms with Crippen LogP contribution in [0.15, 0.2) is 41.8 Å². The minimum absolute atomic E-state index is 0.459. The molecule has 1 N–H and O–H groups in total. The van der Waals surface area contributed by atoms with E-state index in [9.17, 15) is 0 Å². The SMILES string of the molecule is CCC(NC)c1ccc(N(C)CCc2cccs2)cc1. The first-order valence-corrected chi connectivity index (χ1v) is 8.13. The molecule has 1 aromatic carbocycles. The van der Waals surface area contributed by atoms with E-state index in [0.29, 0.717) is 6.04 Å². The van der Waals surface area contributed by atoms with Gasteiger partial charge in [-0.2, -0.15) is 0 Å². The number of hydrogen-bond donors (Lipinski definition) is 1. The number of anilines is 1. The summed E-state index contributed by atoms with van der Waals surface area (Å²) in [7, 11) is 4.19. The van der Waals surface area contributed by atoms with Crippen molar-refractivity contribution in [3.63, 3.8) is 0 Å². The molecular weight excluding hydrogens is 264 g/mol. The Kier molecular flexibility index (Phi) is 5.62. The zero-order valence-corrected chi connectivity index (χ0v) is 13.4. The van der Waals surface area contributed by atoms with Crippen molar-refractivity contribution in [1.29, 1.82) is 0 Å². The summed E-state index contributed by atoms with van der Waals surface area (Å²) >= 11 is 1.84. The van der Waals surface area contributed by atoms with Gasteiger partial charge in [-0.25, -0.2) is 0 Å². The number of rotatable bonds is 7. The summed E-state index contributed by atoms with van der Waals surface area (Å²) in [5, 5.41) is 5.49. The van der Waals surface area contributed by atoms with Gasteiger partial charge in [-0.15, -0.1) is 11.3 Å². The average molecular weight is 288 g/mol. The molecule has 2 rings (SSSR count). The molecule has 0 amide bonds. The maximum atomic E-state index is 3.35. The lowest BCUT2D eigenvalue weighted by molar-refractivity contribution is 0.577. The molecule has 2 nitrogen and oxygen atoms in total. The Morgan fingerprint density at radius 2 is 1.95 bits per heavy atom. The average Bonchev–Trinajstić information content (AvgIpc) is 3.00. The molecule has 2 aromatic rings. The Morgan fingerprint density at radius 1 is 1.20 bits per heavy atom. The normalized spacial score (nSPS) is 12.3. The van der Waals surface area contributed by atoms with Gasteiger partial charge in [0.2, 0.25) is 0 Å². The number of hydrogen-bond acceptors (Lipinski definition) is 3. The van der Waals surface area contributed by atoms with Crippen molar-refractivity contribution in [2.75, 3.05) is 25.5 Å². The van der Waals surface area contributed by atoms with E-state index in [4.69, 9.17) is 0 Å². The van der Waals surface area contributed by atoms with Crippen LogP contribution in [0.3, 0.4) is 0 Å². The molecule has 20 heavy (non-hydrogen) atoms. The van der Waals surface area contributed by atoms with Gasteiger partial charge in [-0.3, -0.25) is 0 Å². The Morgan fingerprint density at radius 3 is 2.50 bits per heavy atom. The van der Waals surface area contributed by atoms with Gasteiger partial charge in [0.1, 0.15) is 0 Å². The van der Waals surface area contributed by atoms with Crippen LogP contribution in [0.1, 0.15) is 29.8 Å². The number of thiophene rings is 1. The molecule has 0 aliphatic rings. The second kappa shape index (κ2) is 7.46. The van der Waals surface area contributed by atoms with Crippen LogP contribution in [0, 0.1) is 0 Å². The molecule has 1 unspecified atom stereocenters. The third-order valence-electron chi connectivity index (χ3n) is 3.77. The van der Waals surface area contributed by atoms with Crippen molar-refractivity contribution in [3.05, 3.63) is 52.2 Å². The highest BCUT2D eigenvalue weighted by molar-refractivity contribution is 7.09. The molecule has 1 aromatic heterocycles. The molecule has 0 radical (unpaired) electrons. The lowest BCUT2D eigenvalue weighted by Crippen LogP contribution is -2.20. The van der Waals surface area contributed by atoms with E-state index in [1.54, 1.807) is 0 Å². The van der Waals surface area contributed by atoms with Crippen molar-refractivity contribution < 1.29 is 0 Å². The van der Waals surface area contributed by atoms with E-state index in [1.807, 2.05) is 18.4 Å². The first kappa shape index (κ1) is 15.1. The molecule has 0 aliphatic carbocycles.